The second kappa shape index (κ2) is 9.49. The largest absolute Gasteiger partial charge is 0.414 e. The molecule has 2 aromatic rings. The molecule has 6 nitrogen and oxygen atoms in total. The zero-order chi connectivity index (χ0) is 24.7. The Morgan fingerprint density at radius 2 is 1.82 bits per heavy atom. The lowest BCUT2D eigenvalue weighted by Crippen LogP contribution is -2.44. The van der Waals surface area contributed by atoms with E-state index in [0.29, 0.717) is 10.6 Å². The van der Waals surface area contributed by atoms with Gasteiger partial charge in [0.2, 0.25) is 5.91 Å². The zero-order valence-electron chi connectivity index (χ0n) is 18.5. The Labute approximate surface area is 205 Å². The number of benzene rings is 1. The first-order chi connectivity index (χ1) is 15.9. The standard InChI is InChI=1S/C23H25BrF3N3O3S/c1-30(22(31)14-6-8-34(32,33)9-7-14)21(23(25,26)27)20-5-4-18(13-28-20)29-19-11-15-2-3-17(24)10-16(15)12-19/h2-5,10,13-14,19,21,29H,6-9,11-12H2,1H3. The molecule has 1 aromatic carbocycles. The number of hydrogen-bond acceptors (Lipinski definition) is 5. The number of hydrogen-bond donors (Lipinski definition) is 1. The van der Waals surface area contributed by atoms with Crippen molar-refractivity contribution < 1.29 is 26.4 Å². The lowest BCUT2D eigenvalue weighted by atomic mass is 9.99. The molecular weight excluding hydrogens is 535 g/mol. The molecule has 2 heterocycles. The number of amides is 1. The van der Waals surface area contributed by atoms with Crippen molar-refractivity contribution in [3.63, 3.8) is 0 Å². The van der Waals surface area contributed by atoms with Crippen molar-refractivity contribution in [2.24, 2.45) is 5.92 Å². The highest BCUT2D eigenvalue weighted by atomic mass is 79.9. The molecule has 1 aliphatic heterocycles. The number of aromatic nitrogens is 1. The van der Waals surface area contributed by atoms with Crippen LogP contribution in [0.4, 0.5) is 18.9 Å². The SMILES string of the molecule is CN(C(=O)C1CCS(=O)(=O)CC1)C(c1ccc(NC2Cc3ccc(Br)cc3C2)cn1)C(F)(F)F. The highest BCUT2D eigenvalue weighted by Crippen LogP contribution is 2.38. The minimum Gasteiger partial charge on any atom is -0.380 e. The van der Waals surface area contributed by atoms with E-state index in [1.54, 1.807) is 6.07 Å². The van der Waals surface area contributed by atoms with E-state index in [1.807, 2.05) is 6.07 Å². The van der Waals surface area contributed by atoms with Crippen molar-refractivity contribution in [1.82, 2.24) is 9.88 Å². The monoisotopic (exact) mass is 559 g/mol. The van der Waals surface area contributed by atoms with Gasteiger partial charge in [-0.05, 0) is 61.1 Å². The Morgan fingerprint density at radius 3 is 2.44 bits per heavy atom. The van der Waals surface area contributed by atoms with Crippen molar-refractivity contribution in [2.75, 3.05) is 23.9 Å². The van der Waals surface area contributed by atoms with Gasteiger partial charge in [0.1, 0.15) is 9.84 Å². The number of carbonyl (C=O) groups is 1. The highest BCUT2D eigenvalue weighted by Gasteiger charge is 2.47. The van der Waals surface area contributed by atoms with E-state index >= 15 is 0 Å². The fourth-order valence-corrected chi connectivity index (χ4v) is 6.61. The molecule has 2 atom stereocenters. The molecule has 1 N–H and O–H groups in total. The summed E-state index contributed by atoms with van der Waals surface area (Å²) in [6.45, 7) is 0. The van der Waals surface area contributed by atoms with E-state index in [-0.39, 0.29) is 36.1 Å². The molecule has 34 heavy (non-hydrogen) atoms. The van der Waals surface area contributed by atoms with Crippen LogP contribution >= 0.6 is 15.9 Å². The lowest BCUT2D eigenvalue weighted by molar-refractivity contribution is -0.191. The van der Waals surface area contributed by atoms with Gasteiger partial charge in [0, 0.05) is 23.5 Å². The lowest BCUT2D eigenvalue weighted by Gasteiger charge is -2.33. The van der Waals surface area contributed by atoms with Crippen LogP contribution in [0, 0.1) is 5.92 Å². The Bertz CT molecular complexity index is 1160. The normalized spacial score (nSPS) is 21.0. The zero-order valence-corrected chi connectivity index (χ0v) is 20.9. The molecule has 2 aliphatic rings. The molecule has 0 spiro atoms. The molecule has 1 amide bonds. The van der Waals surface area contributed by atoms with Crippen LogP contribution in [0.15, 0.2) is 41.0 Å². The van der Waals surface area contributed by atoms with Gasteiger partial charge in [-0.15, -0.1) is 0 Å². The maximum Gasteiger partial charge on any atom is 0.414 e. The summed E-state index contributed by atoms with van der Waals surface area (Å²) in [6.07, 6.45) is -1.69. The molecule has 0 bridgehead atoms. The van der Waals surface area contributed by atoms with Crippen LogP contribution in [0.1, 0.15) is 35.7 Å². The third kappa shape index (κ3) is 5.56. The number of fused-ring (bicyclic) bond motifs is 1. The van der Waals surface area contributed by atoms with Crippen LogP contribution in [-0.2, 0) is 27.5 Å². The van der Waals surface area contributed by atoms with Crippen molar-refractivity contribution in [1.29, 1.82) is 0 Å². The quantitative estimate of drug-likeness (QED) is 0.590. The first-order valence-electron chi connectivity index (χ1n) is 11.0. The molecule has 1 fully saturated rings. The number of halogens is 4. The first kappa shape index (κ1) is 25.0. The summed E-state index contributed by atoms with van der Waals surface area (Å²) in [5, 5.41) is 3.33. The number of carbonyl (C=O) groups excluding carboxylic acids is 1. The average Bonchev–Trinajstić information content (AvgIpc) is 3.15. The summed E-state index contributed by atoms with van der Waals surface area (Å²) >= 11 is 3.46. The van der Waals surface area contributed by atoms with Gasteiger partial charge in [0.15, 0.2) is 6.04 Å². The molecule has 2 unspecified atom stereocenters. The maximum absolute atomic E-state index is 14.0. The van der Waals surface area contributed by atoms with Gasteiger partial charge in [-0.1, -0.05) is 22.0 Å². The van der Waals surface area contributed by atoms with Crippen LogP contribution in [0.2, 0.25) is 0 Å². The summed E-state index contributed by atoms with van der Waals surface area (Å²) in [7, 11) is -2.12. The van der Waals surface area contributed by atoms with E-state index < -0.39 is 33.9 Å². The number of pyridine rings is 1. The predicted molar refractivity (Wildman–Crippen MR) is 126 cm³/mol. The van der Waals surface area contributed by atoms with Crippen LogP contribution in [0.3, 0.4) is 0 Å². The van der Waals surface area contributed by atoms with Crippen molar-refractivity contribution in [3.8, 4) is 0 Å². The first-order valence-corrected chi connectivity index (χ1v) is 13.6. The summed E-state index contributed by atoms with van der Waals surface area (Å²) in [4.78, 5) is 17.5. The van der Waals surface area contributed by atoms with Gasteiger partial charge >= 0.3 is 6.18 Å². The average molecular weight is 560 g/mol. The summed E-state index contributed by atoms with van der Waals surface area (Å²) in [5.74, 6) is -1.83. The fourth-order valence-electron chi connectivity index (χ4n) is 4.71. The van der Waals surface area contributed by atoms with Gasteiger partial charge in [0.25, 0.3) is 0 Å². The third-order valence-corrected chi connectivity index (χ3v) is 8.70. The molecule has 0 radical (unpaired) electrons. The fraction of sp³-hybridized carbons (Fsp3) is 0.478. The number of rotatable bonds is 5. The van der Waals surface area contributed by atoms with Crippen molar-refractivity contribution in [2.45, 2.75) is 43.9 Å². The number of nitrogens with one attached hydrogen (secondary N) is 1. The Kier molecular flexibility index (Phi) is 6.97. The summed E-state index contributed by atoms with van der Waals surface area (Å²) in [5.41, 5.74) is 2.78. The van der Waals surface area contributed by atoms with E-state index in [1.165, 1.54) is 23.4 Å². The van der Waals surface area contributed by atoms with Crippen LogP contribution in [0.25, 0.3) is 0 Å². The summed E-state index contributed by atoms with van der Waals surface area (Å²) < 4.78 is 66.1. The minimum absolute atomic E-state index is 0.0344. The molecule has 184 valence electrons. The predicted octanol–water partition coefficient (Wildman–Crippen LogP) is 4.31. The molecule has 11 heteroatoms. The van der Waals surface area contributed by atoms with E-state index in [9.17, 15) is 26.4 Å². The van der Waals surface area contributed by atoms with Crippen LogP contribution in [0.5, 0.6) is 0 Å². The Hall–Kier alpha value is -2.14. The van der Waals surface area contributed by atoms with Gasteiger partial charge in [-0.25, -0.2) is 8.42 Å². The van der Waals surface area contributed by atoms with E-state index in [4.69, 9.17) is 0 Å². The topological polar surface area (TPSA) is 79.4 Å². The molecule has 1 aromatic heterocycles. The smallest absolute Gasteiger partial charge is 0.380 e. The third-order valence-electron chi connectivity index (χ3n) is 6.49. The van der Waals surface area contributed by atoms with Gasteiger partial charge < -0.3 is 10.2 Å². The Morgan fingerprint density at radius 1 is 1.15 bits per heavy atom. The second-order valence-corrected chi connectivity index (χ2v) is 12.2. The minimum atomic E-state index is -4.73. The van der Waals surface area contributed by atoms with E-state index in [2.05, 4.69) is 38.4 Å². The van der Waals surface area contributed by atoms with Crippen LogP contribution in [-0.4, -0.2) is 55.0 Å². The maximum atomic E-state index is 14.0. The number of sulfone groups is 1. The number of alkyl halides is 3. The highest BCUT2D eigenvalue weighted by molar-refractivity contribution is 9.10. The summed E-state index contributed by atoms with van der Waals surface area (Å²) in [6, 6.07) is 6.85. The van der Waals surface area contributed by atoms with Gasteiger partial charge in [0.05, 0.1) is 29.1 Å². The second-order valence-electron chi connectivity index (χ2n) is 8.95. The molecule has 1 aliphatic carbocycles. The van der Waals surface area contributed by atoms with Crippen LogP contribution < -0.4 is 5.32 Å². The molecule has 0 saturated carbocycles. The number of anilines is 1. The van der Waals surface area contributed by atoms with Crippen molar-refractivity contribution >= 4 is 37.4 Å². The molecule has 4 rings (SSSR count). The Balaban J connectivity index is 1.45. The van der Waals surface area contributed by atoms with Crippen molar-refractivity contribution in [3.05, 3.63) is 57.8 Å². The number of nitrogens with zero attached hydrogens (tertiary/aromatic N) is 2. The van der Waals surface area contributed by atoms with E-state index in [0.717, 1.165) is 24.4 Å². The van der Waals surface area contributed by atoms with Gasteiger partial charge in [-0.2, -0.15) is 13.2 Å². The molecule has 1 saturated heterocycles. The van der Waals surface area contributed by atoms with Gasteiger partial charge in [-0.3, -0.25) is 9.78 Å². The molecular formula is C23H25BrF3N3O3S.